The van der Waals surface area contributed by atoms with Gasteiger partial charge in [-0.1, -0.05) is 272 Å². The summed E-state index contributed by atoms with van der Waals surface area (Å²) in [7, 11) is 0. The molecule has 1 saturated heterocycles. The number of hydrogen-bond donors (Lipinski definition) is 6. The molecule has 0 aromatic carbocycles. The van der Waals surface area contributed by atoms with Crippen molar-refractivity contribution in [1.82, 2.24) is 5.32 Å². The Bertz CT molecular complexity index is 1720. The molecule has 0 spiro atoms. The summed E-state index contributed by atoms with van der Waals surface area (Å²) in [5.74, 6) is -1.21. The Kier molecular flexibility index (Phi) is 55.1. The number of esters is 1. The Balaban J connectivity index is 2.64. The van der Waals surface area contributed by atoms with Gasteiger partial charge in [0.05, 0.1) is 25.4 Å². The zero-order valence-electron chi connectivity index (χ0n) is 53.0. The summed E-state index contributed by atoms with van der Waals surface area (Å²) < 4.78 is 17.7. The van der Waals surface area contributed by atoms with Crippen LogP contribution in [0.2, 0.25) is 0 Å². The lowest BCUT2D eigenvalue weighted by molar-refractivity contribution is -0.305. The summed E-state index contributed by atoms with van der Waals surface area (Å²) in [6, 6.07) is -1.03. The molecule has 0 saturated carbocycles. The summed E-state index contributed by atoms with van der Waals surface area (Å²) in [5.41, 5.74) is 0. The molecular weight excluding hydrogens is 1040 g/mol. The third-order valence-corrected chi connectivity index (χ3v) is 15.5. The maximum absolute atomic E-state index is 13.5. The molecule has 11 heteroatoms. The van der Waals surface area contributed by atoms with Crippen LogP contribution in [0, 0.1) is 0 Å². The molecule has 8 atom stereocenters. The molecule has 11 nitrogen and oxygen atoms in total. The van der Waals surface area contributed by atoms with E-state index in [1.54, 1.807) is 6.08 Å². The van der Waals surface area contributed by atoms with E-state index < -0.39 is 67.4 Å². The second-order valence-corrected chi connectivity index (χ2v) is 23.2. The topological polar surface area (TPSA) is 175 Å². The highest BCUT2D eigenvalue weighted by molar-refractivity contribution is 5.80. The van der Waals surface area contributed by atoms with E-state index in [9.17, 15) is 35.1 Å². The summed E-state index contributed by atoms with van der Waals surface area (Å²) in [6.45, 7) is 5.66. The minimum absolute atomic E-state index is 0.106. The molecule has 1 amide bonds. The smallest absolute Gasteiger partial charge is 0.306 e. The van der Waals surface area contributed by atoms with Gasteiger partial charge in [-0.15, -0.1) is 0 Å². The molecule has 0 aromatic rings. The number of hydrogen-bond acceptors (Lipinski definition) is 10. The highest BCUT2D eigenvalue weighted by atomic mass is 16.7. The van der Waals surface area contributed by atoms with Crippen LogP contribution in [0.4, 0.5) is 0 Å². The SMILES string of the molecule is CC/C=C\C/C=C\C/C=C\C/C=C\C/C=C\CCCCCCCCCC(=O)OC1C(OCC(NC(=O)C(O)CCCCCCCCCC/C=C\C/C=C\CCCCC)C(O)/C=C/CCCCCCCCCCCCC)OC(CO)C(O)C1O. The number of unbranched alkanes of at least 4 members (excludes halogenated alkanes) is 29. The first-order valence-corrected chi connectivity index (χ1v) is 34.0. The number of carbonyl (C=O) groups is 2. The molecule has 1 aliphatic heterocycles. The Labute approximate surface area is 507 Å². The van der Waals surface area contributed by atoms with Crippen molar-refractivity contribution in [2.45, 2.75) is 333 Å². The fourth-order valence-electron chi connectivity index (χ4n) is 10.1. The van der Waals surface area contributed by atoms with Crippen LogP contribution >= 0.6 is 0 Å². The van der Waals surface area contributed by atoms with Gasteiger partial charge >= 0.3 is 5.97 Å². The predicted molar refractivity (Wildman–Crippen MR) is 347 cm³/mol. The van der Waals surface area contributed by atoms with Gasteiger partial charge in [0.2, 0.25) is 5.91 Å². The molecule has 0 bridgehead atoms. The van der Waals surface area contributed by atoms with Crippen molar-refractivity contribution in [3.63, 3.8) is 0 Å². The Morgan fingerprint density at radius 3 is 1.33 bits per heavy atom. The molecule has 0 aromatic heterocycles. The first kappa shape index (κ1) is 77.6. The number of aliphatic hydroxyl groups excluding tert-OH is 5. The summed E-state index contributed by atoms with van der Waals surface area (Å²) in [6.07, 6.45) is 68.6. The quantitative estimate of drug-likeness (QED) is 0.0195. The van der Waals surface area contributed by atoms with Gasteiger partial charge in [-0.05, 0) is 103 Å². The van der Waals surface area contributed by atoms with Crippen molar-refractivity contribution in [1.29, 1.82) is 0 Å². The highest BCUT2D eigenvalue weighted by Gasteiger charge is 2.47. The number of nitrogens with one attached hydrogen (secondary N) is 1. The lowest BCUT2D eigenvalue weighted by Gasteiger charge is -2.41. The molecule has 1 heterocycles. The zero-order valence-corrected chi connectivity index (χ0v) is 53.0. The normalized spacial score (nSPS) is 19.2. The summed E-state index contributed by atoms with van der Waals surface area (Å²) >= 11 is 0. The standard InChI is InChI=1S/C72H125NO10/c1-4-7-10-13-16-19-22-25-27-29-31-32-33-34-35-37-39-42-45-48-51-54-57-60-67(77)83-70-69(79)68(78)66(61-74)82-72(70)81-62-63(64(75)58-55-52-49-46-43-40-24-21-18-15-12-9-6-3)73-71(80)65(76)59-56-53-50-47-44-41-38-36-30-28-26-23-20-17-14-11-8-5-2/h7,10,16-17,19-20,25-28,31-32,34-35,55,58,63-66,68-70,72,74-76,78-79H,4-6,8-9,11-15,18,21-24,29-30,33,36-54,56-57,59-62H2,1-3H3,(H,73,80)/b10-7-,19-16-,20-17-,27-25-,28-26-,32-31-,35-34-,58-55+. The zero-order chi connectivity index (χ0) is 60.3. The van der Waals surface area contributed by atoms with Crippen molar-refractivity contribution >= 4 is 11.9 Å². The number of carbonyl (C=O) groups excluding carboxylic acids is 2. The van der Waals surface area contributed by atoms with Gasteiger partial charge in [0.25, 0.3) is 0 Å². The summed E-state index contributed by atoms with van der Waals surface area (Å²) in [5, 5.41) is 57.2. The van der Waals surface area contributed by atoms with Gasteiger partial charge in [0.15, 0.2) is 12.4 Å². The van der Waals surface area contributed by atoms with Crippen molar-refractivity contribution in [3.8, 4) is 0 Å². The van der Waals surface area contributed by atoms with Crippen LogP contribution in [-0.4, -0.2) is 99.6 Å². The molecule has 83 heavy (non-hydrogen) atoms. The van der Waals surface area contributed by atoms with Gasteiger partial charge in [0.1, 0.15) is 24.4 Å². The van der Waals surface area contributed by atoms with Crippen molar-refractivity contribution in [3.05, 3.63) is 97.2 Å². The molecule has 8 unspecified atom stereocenters. The van der Waals surface area contributed by atoms with E-state index in [4.69, 9.17) is 14.2 Å². The van der Waals surface area contributed by atoms with Gasteiger partial charge in [-0.25, -0.2) is 0 Å². The van der Waals surface area contributed by atoms with Crippen molar-refractivity contribution < 1.29 is 49.3 Å². The molecule has 0 radical (unpaired) electrons. The first-order chi connectivity index (χ1) is 40.7. The average molecular weight is 1160 g/mol. The lowest BCUT2D eigenvalue weighted by Crippen LogP contribution is -2.61. The Morgan fingerprint density at radius 2 is 0.867 bits per heavy atom. The monoisotopic (exact) mass is 1160 g/mol. The minimum atomic E-state index is -1.63. The molecule has 1 aliphatic rings. The molecule has 1 rings (SSSR count). The van der Waals surface area contributed by atoms with E-state index in [0.717, 1.165) is 128 Å². The van der Waals surface area contributed by atoms with E-state index in [2.05, 4.69) is 111 Å². The minimum Gasteiger partial charge on any atom is -0.454 e. The van der Waals surface area contributed by atoms with Crippen LogP contribution in [0.25, 0.3) is 0 Å². The Morgan fingerprint density at radius 1 is 0.482 bits per heavy atom. The summed E-state index contributed by atoms with van der Waals surface area (Å²) in [4.78, 5) is 26.7. The predicted octanol–water partition coefficient (Wildman–Crippen LogP) is 17.1. The maximum Gasteiger partial charge on any atom is 0.306 e. The first-order valence-electron chi connectivity index (χ1n) is 34.0. The van der Waals surface area contributed by atoms with Gasteiger partial charge in [0, 0.05) is 6.42 Å². The fraction of sp³-hybridized carbons (Fsp3) is 0.750. The molecular formula is C72H125NO10. The van der Waals surface area contributed by atoms with E-state index in [-0.39, 0.29) is 19.4 Å². The van der Waals surface area contributed by atoms with Crippen LogP contribution < -0.4 is 5.32 Å². The van der Waals surface area contributed by atoms with E-state index in [0.29, 0.717) is 12.8 Å². The number of rotatable bonds is 57. The lowest BCUT2D eigenvalue weighted by atomic mass is 9.99. The number of ether oxygens (including phenoxy) is 3. The number of amides is 1. The Hall–Kier alpha value is -3.42. The number of allylic oxidation sites excluding steroid dienone is 15. The van der Waals surface area contributed by atoms with Gasteiger partial charge < -0.3 is 45.1 Å². The fourth-order valence-corrected chi connectivity index (χ4v) is 10.1. The van der Waals surface area contributed by atoms with E-state index >= 15 is 0 Å². The molecule has 0 aliphatic carbocycles. The van der Waals surface area contributed by atoms with Gasteiger partial charge in [-0.2, -0.15) is 0 Å². The van der Waals surface area contributed by atoms with Crippen molar-refractivity contribution in [2.24, 2.45) is 0 Å². The van der Waals surface area contributed by atoms with Crippen LogP contribution in [0.15, 0.2) is 97.2 Å². The van der Waals surface area contributed by atoms with Crippen LogP contribution in [0.3, 0.4) is 0 Å². The van der Waals surface area contributed by atoms with E-state index in [1.165, 1.54) is 109 Å². The van der Waals surface area contributed by atoms with Crippen LogP contribution in [0.5, 0.6) is 0 Å². The average Bonchev–Trinajstić information content (AvgIpc) is 3.50. The second kappa shape index (κ2) is 58.9. The molecule has 1 fully saturated rings. The van der Waals surface area contributed by atoms with Gasteiger partial charge in [-0.3, -0.25) is 9.59 Å². The molecule has 478 valence electrons. The van der Waals surface area contributed by atoms with Crippen molar-refractivity contribution in [2.75, 3.05) is 13.2 Å². The molecule has 6 N–H and O–H groups in total. The largest absolute Gasteiger partial charge is 0.454 e. The third kappa shape index (κ3) is 46.5. The number of aliphatic hydroxyl groups is 5. The van der Waals surface area contributed by atoms with E-state index in [1.807, 2.05) is 6.08 Å². The second-order valence-electron chi connectivity index (χ2n) is 23.2. The third-order valence-electron chi connectivity index (χ3n) is 15.5. The maximum atomic E-state index is 13.5. The van der Waals surface area contributed by atoms with Crippen LogP contribution in [-0.2, 0) is 23.8 Å². The highest BCUT2D eigenvalue weighted by Crippen LogP contribution is 2.26. The van der Waals surface area contributed by atoms with Crippen LogP contribution in [0.1, 0.15) is 284 Å².